The molecule has 3 nitrogen and oxygen atoms in total. The summed E-state index contributed by atoms with van der Waals surface area (Å²) in [6.45, 7) is 3.73. The van der Waals surface area contributed by atoms with E-state index in [0.29, 0.717) is 0 Å². The van der Waals surface area contributed by atoms with Gasteiger partial charge in [-0.1, -0.05) is 12.2 Å². The molecule has 2 rings (SSSR count). The van der Waals surface area contributed by atoms with E-state index >= 15 is 0 Å². The molecule has 0 fully saturated rings. The standard InChI is InChI=1S/C12H16N2O/c1-10(15)12-6-5-11(9-13-12)14-7-3-2-4-8-14/h2-3,5-6,9-10,15H,4,7-8H2,1H3/t10-/m1/s1. The molecular formula is C12H16N2O. The maximum Gasteiger partial charge on any atom is 0.0931 e. The van der Waals surface area contributed by atoms with E-state index in [1.165, 1.54) is 0 Å². The molecule has 15 heavy (non-hydrogen) atoms. The molecule has 3 heteroatoms. The molecule has 1 aliphatic heterocycles. The van der Waals surface area contributed by atoms with Crippen LogP contribution in [0.3, 0.4) is 0 Å². The molecule has 0 aromatic carbocycles. The molecule has 0 spiro atoms. The van der Waals surface area contributed by atoms with Crippen molar-refractivity contribution in [1.29, 1.82) is 0 Å². The Morgan fingerprint density at radius 2 is 2.27 bits per heavy atom. The SMILES string of the molecule is C[C@@H](O)c1ccc(N2CC=CCC2)cn1. The summed E-state index contributed by atoms with van der Waals surface area (Å²) >= 11 is 0. The molecule has 1 atom stereocenters. The first-order valence-corrected chi connectivity index (χ1v) is 5.31. The first-order chi connectivity index (χ1) is 7.27. The lowest BCUT2D eigenvalue weighted by molar-refractivity contribution is 0.194. The Balaban J connectivity index is 2.12. The molecule has 1 aromatic heterocycles. The van der Waals surface area contributed by atoms with Crippen LogP contribution in [0, 0.1) is 0 Å². The first kappa shape index (κ1) is 10.2. The Morgan fingerprint density at radius 1 is 1.40 bits per heavy atom. The smallest absolute Gasteiger partial charge is 0.0931 e. The molecule has 0 amide bonds. The molecule has 0 radical (unpaired) electrons. The number of aromatic nitrogens is 1. The van der Waals surface area contributed by atoms with Crippen LogP contribution in [0.4, 0.5) is 5.69 Å². The van der Waals surface area contributed by atoms with Gasteiger partial charge in [-0.05, 0) is 25.5 Å². The van der Waals surface area contributed by atoms with Crippen molar-refractivity contribution < 1.29 is 5.11 Å². The van der Waals surface area contributed by atoms with Gasteiger partial charge in [0.05, 0.1) is 23.7 Å². The van der Waals surface area contributed by atoms with Crippen LogP contribution in [0.2, 0.25) is 0 Å². The predicted molar refractivity (Wildman–Crippen MR) is 60.8 cm³/mol. The molecule has 1 aromatic rings. The minimum absolute atomic E-state index is 0.486. The van der Waals surface area contributed by atoms with Crippen molar-refractivity contribution in [2.24, 2.45) is 0 Å². The molecule has 1 aliphatic rings. The predicted octanol–water partition coefficient (Wildman–Crippen LogP) is 1.90. The third-order valence-electron chi connectivity index (χ3n) is 2.62. The first-order valence-electron chi connectivity index (χ1n) is 5.31. The lowest BCUT2D eigenvalue weighted by atomic mass is 10.2. The number of aliphatic hydroxyl groups is 1. The highest BCUT2D eigenvalue weighted by atomic mass is 16.3. The van der Waals surface area contributed by atoms with Crippen LogP contribution in [-0.2, 0) is 0 Å². The maximum atomic E-state index is 9.34. The number of pyridine rings is 1. The second-order valence-electron chi connectivity index (χ2n) is 3.82. The third-order valence-corrected chi connectivity index (χ3v) is 2.62. The Morgan fingerprint density at radius 3 is 2.80 bits per heavy atom. The van der Waals surface area contributed by atoms with Gasteiger partial charge in [-0.2, -0.15) is 0 Å². The second-order valence-corrected chi connectivity index (χ2v) is 3.82. The van der Waals surface area contributed by atoms with Gasteiger partial charge in [-0.15, -0.1) is 0 Å². The summed E-state index contributed by atoms with van der Waals surface area (Å²) in [5, 5.41) is 9.34. The van der Waals surface area contributed by atoms with Crippen molar-refractivity contribution in [3.8, 4) is 0 Å². The fraction of sp³-hybridized carbons (Fsp3) is 0.417. The molecule has 0 aliphatic carbocycles. The molecule has 1 N–H and O–H groups in total. The van der Waals surface area contributed by atoms with Crippen molar-refractivity contribution in [2.45, 2.75) is 19.4 Å². The highest BCUT2D eigenvalue weighted by Gasteiger charge is 2.08. The zero-order valence-corrected chi connectivity index (χ0v) is 8.93. The lowest BCUT2D eigenvalue weighted by Crippen LogP contribution is -2.26. The summed E-state index contributed by atoms with van der Waals surface area (Å²) in [7, 11) is 0. The van der Waals surface area contributed by atoms with Crippen molar-refractivity contribution in [3.05, 3.63) is 36.2 Å². The highest BCUT2D eigenvalue weighted by molar-refractivity contribution is 5.46. The van der Waals surface area contributed by atoms with Crippen LogP contribution >= 0.6 is 0 Å². The average Bonchev–Trinajstić information content (AvgIpc) is 2.30. The summed E-state index contributed by atoms with van der Waals surface area (Å²) in [6, 6.07) is 3.91. The van der Waals surface area contributed by atoms with Crippen molar-refractivity contribution in [2.75, 3.05) is 18.0 Å². The number of rotatable bonds is 2. The fourth-order valence-electron chi connectivity index (χ4n) is 1.71. The Labute approximate surface area is 90.1 Å². The van der Waals surface area contributed by atoms with Gasteiger partial charge in [0.15, 0.2) is 0 Å². The van der Waals surface area contributed by atoms with Crippen molar-refractivity contribution in [1.82, 2.24) is 4.98 Å². The van der Waals surface area contributed by atoms with Gasteiger partial charge in [0.1, 0.15) is 0 Å². The zero-order valence-electron chi connectivity index (χ0n) is 8.93. The van der Waals surface area contributed by atoms with Crippen LogP contribution in [0.15, 0.2) is 30.5 Å². The Kier molecular flexibility index (Phi) is 3.02. The second kappa shape index (κ2) is 4.45. The number of anilines is 1. The van der Waals surface area contributed by atoms with Gasteiger partial charge in [0.2, 0.25) is 0 Å². The summed E-state index contributed by atoms with van der Waals surface area (Å²) in [6.07, 6.45) is 6.82. The molecule has 0 saturated heterocycles. The van der Waals surface area contributed by atoms with E-state index < -0.39 is 6.10 Å². The molecule has 0 unspecified atom stereocenters. The summed E-state index contributed by atoms with van der Waals surface area (Å²) in [4.78, 5) is 6.51. The van der Waals surface area contributed by atoms with E-state index in [0.717, 1.165) is 30.9 Å². The van der Waals surface area contributed by atoms with Gasteiger partial charge < -0.3 is 10.0 Å². The minimum atomic E-state index is -0.486. The third kappa shape index (κ3) is 2.36. The molecule has 0 bridgehead atoms. The fourth-order valence-corrected chi connectivity index (χ4v) is 1.71. The lowest BCUT2D eigenvalue weighted by Gasteiger charge is -2.25. The number of hydrogen-bond acceptors (Lipinski definition) is 3. The molecule has 0 saturated carbocycles. The minimum Gasteiger partial charge on any atom is -0.387 e. The van der Waals surface area contributed by atoms with E-state index in [-0.39, 0.29) is 0 Å². The van der Waals surface area contributed by atoms with Crippen LogP contribution in [0.25, 0.3) is 0 Å². The van der Waals surface area contributed by atoms with Gasteiger partial charge in [-0.25, -0.2) is 0 Å². The van der Waals surface area contributed by atoms with Crippen LogP contribution in [0.5, 0.6) is 0 Å². The highest BCUT2D eigenvalue weighted by Crippen LogP contribution is 2.18. The normalized spacial score (nSPS) is 17.9. The quantitative estimate of drug-likeness (QED) is 0.747. The summed E-state index contributed by atoms with van der Waals surface area (Å²) < 4.78 is 0. The monoisotopic (exact) mass is 204 g/mol. The van der Waals surface area contributed by atoms with Crippen molar-refractivity contribution in [3.63, 3.8) is 0 Å². The van der Waals surface area contributed by atoms with E-state index in [1.807, 2.05) is 18.3 Å². The van der Waals surface area contributed by atoms with Gasteiger partial charge in [0, 0.05) is 13.1 Å². The van der Waals surface area contributed by atoms with Crippen molar-refractivity contribution >= 4 is 5.69 Å². The van der Waals surface area contributed by atoms with E-state index in [4.69, 9.17) is 0 Å². The number of aliphatic hydroxyl groups excluding tert-OH is 1. The average molecular weight is 204 g/mol. The van der Waals surface area contributed by atoms with Gasteiger partial charge in [0.25, 0.3) is 0 Å². The molecular weight excluding hydrogens is 188 g/mol. The van der Waals surface area contributed by atoms with Crippen LogP contribution in [0.1, 0.15) is 25.1 Å². The topological polar surface area (TPSA) is 36.4 Å². The molecule has 80 valence electrons. The van der Waals surface area contributed by atoms with Gasteiger partial charge >= 0.3 is 0 Å². The van der Waals surface area contributed by atoms with Gasteiger partial charge in [-0.3, -0.25) is 4.98 Å². The zero-order chi connectivity index (χ0) is 10.7. The number of hydrogen-bond donors (Lipinski definition) is 1. The van der Waals surface area contributed by atoms with E-state index in [1.54, 1.807) is 6.92 Å². The van der Waals surface area contributed by atoms with Crippen LogP contribution in [-0.4, -0.2) is 23.2 Å². The summed E-state index contributed by atoms with van der Waals surface area (Å²) in [5.74, 6) is 0. The maximum absolute atomic E-state index is 9.34. The Hall–Kier alpha value is -1.35. The van der Waals surface area contributed by atoms with E-state index in [2.05, 4.69) is 22.0 Å². The Bertz CT molecular complexity index is 343. The van der Waals surface area contributed by atoms with E-state index in [9.17, 15) is 5.11 Å². The summed E-state index contributed by atoms with van der Waals surface area (Å²) in [5.41, 5.74) is 1.86. The van der Waals surface area contributed by atoms with Crippen LogP contribution < -0.4 is 4.90 Å². The molecule has 2 heterocycles. The largest absolute Gasteiger partial charge is 0.387 e. The number of nitrogens with zero attached hydrogens (tertiary/aromatic N) is 2.